The maximum atomic E-state index is 12.7. The smallest absolute Gasteiger partial charge is 0.417 e. The summed E-state index contributed by atoms with van der Waals surface area (Å²) >= 11 is 0. The minimum absolute atomic E-state index is 0.0422. The Kier molecular flexibility index (Phi) is 3.96. The molecule has 124 valence electrons. The molecule has 0 aliphatic carbocycles. The lowest BCUT2D eigenvalue weighted by atomic mass is 10.1. The number of halogens is 3. The zero-order chi connectivity index (χ0) is 17.3. The number of nitrogens with one attached hydrogen (secondary N) is 1. The van der Waals surface area contributed by atoms with Gasteiger partial charge >= 0.3 is 12.1 Å². The number of amides is 1. The lowest BCUT2D eigenvalue weighted by Crippen LogP contribution is -2.23. The molecule has 0 saturated heterocycles. The minimum Gasteiger partial charge on any atom is -0.460 e. The fourth-order valence-corrected chi connectivity index (χ4v) is 2.32. The molecular formula is C16H11F3N2O3. The van der Waals surface area contributed by atoms with Crippen molar-refractivity contribution < 1.29 is 27.5 Å². The van der Waals surface area contributed by atoms with Gasteiger partial charge in [-0.15, -0.1) is 0 Å². The first kappa shape index (κ1) is 16.0. The molecule has 1 aromatic heterocycles. The summed E-state index contributed by atoms with van der Waals surface area (Å²) in [5.41, 5.74) is -0.466. The minimum atomic E-state index is -4.58. The van der Waals surface area contributed by atoms with Crippen molar-refractivity contribution in [2.75, 3.05) is 5.32 Å². The number of rotatable bonds is 3. The maximum Gasteiger partial charge on any atom is 0.417 e. The fraction of sp³-hybridized carbons (Fsp3) is 0.188. The van der Waals surface area contributed by atoms with Crippen LogP contribution >= 0.6 is 0 Å². The third kappa shape index (κ3) is 3.08. The van der Waals surface area contributed by atoms with E-state index in [2.05, 4.69) is 10.3 Å². The van der Waals surface area contributed by atoms with Gasteiger partial charge in [0.25, 0.3) is 0 Å². The highest BCUT2D eigenvalue weighted by atomic mass is 19.4. The third-order valence-corrected chi connectivity index (χ3v) is 3.50. The van der Waals surface area contributed by atoms with Gasteiger partial charge in [-0.05, 0) is 11.6 Å². The summed E-state index contributed by atoms with van der Waals surface area (Å²) in [5, 5.41) is 2.24. The van der Waals surface area contributed by atoms with E-state index in [1.54, 1.807) is 30.3 Å². The van der Waals surface area contributed by atoms with E-state index in [4.69, 9.17) is 4.74 Å². The van der Waals surface area contributed by atoms with Crippen LogP contribution in [0.25, 0.3) is 0 Å². The Morgan fingerprint density at radius 1 is 1.25 bits per heavy atom. The van der Waals surface area contributed by atoms with Gasteiger partial charge in [0.2, 0.25) is 5.91 Å². The number of anilines is 1. The van der Waals surface area contributed by atoms with Crippen LogP contribution in [0.1, 0.15) is 22.7 Å². The average molecular weight is 336 g/mol. The van der Waals surface area contributed by atoms with Crippen LogP contribution in [0.3, 0.4) is 0 Å². The Balaban J connectivity index is 1.78. The first-order valence-electron chi connectivity index (χ1n) is 6.95. The molecule has 0 radical (unpaired) electrons. The quantitative estimate of drug-likeness (QED) is 0.691. The van der Waals surface area contributed by atoms with Crippen LogP contribution in [0.2, 0.25) is 0 Å². The summed E-state index contributed by atoms with van der Waals surface area (Å²) in [4.78, 5) is 27.7. The highest BCUT2D eigenvalue weighted by molar-refractivity contribution is 6.14. The van der Waals surface area contributed by atoms with E-state index in [-0.39, 0.29) is 18.0 Å². The molecule has 3 rings (SSSR count). The van der Waals surface area contributed by atoms with Crippen molar-refractivity contribution in [2.45, 2.75) is 18.7 Å². The van der Waals surface area contributed by atoms with Crippen molar-refractivity contribution in [3.8, 4) is 0 Å². The lowest BCUT2D eigenvalue weighted by Gasteiger charge is -2.10. The topological polar surface area (TPSA) is 68.3 Å². The Morgan fingerprint density at radius 3 is 2.62 bits per heavy atom. The number of benzene rings is 1. The molecule has 5 nitrogen and oxygen atoms in total. The number of esters is 1. The number of nitrogens with zero attached hydrogens (tertiary/aromatic N) is 1. The van der Waals surface area contributed by atoms with Gasteiger partial charge in [0.05, 0.1) is 16.9 Å². The van der Waals surface area contributed by atoms with E-state index in [0.717, 1.165) is 11.6 Å². The number of hydrogen-bond donors (Lipinski definition) is 1. The van der Waals surface area contributed by atoms with Crippen molar-refractivity contribution in [1.82, 2.24) is 4.98 Å². The molecule has 1 aliphatic rings. The van der Waals surface area contributed by atoms with Crippen LogP contribution in [0.5, 0.6) is 0 Å². The van der Waals surface area contributed by atoms with Gasteiger partial charge in [0.15, 0.2) is 5.92 Å². The fourth-order valence-electron chi connectivity index (χ4n) is 2.32. The second kappa shape index (κ2) is 5.95. The number of carbonyl (C=O) groups is 2. The molecule has 0 saturated carbocycles. The monoisotopic (exact) mass is 336 g/mol. The summed E-state index contributed by atoms with van der Waals surface area (Å²) in [7, 11) is 0. The predicted octanol–water partition coefficient (Wildman–Crippen LogP) is 2.88. The normalized spacial score (nSPS) is 16.5. The molecule has 1 N–H and O–H groups in total. The summed E-state index contributed by atoms with van der Waals surface area (Å²) < 4.78 is 43.1. The van der Waals surface area contributed by atoms with Crippen LogP contribution < -0.4 is 5.32 Å². The van der Waals surface area contributed by atoms with Gasteiger partial charge in [0, 0.05) is 6.20 Å². The van der Waals surface area contributed by atoms with Crippen LogP contribution in [-0.4, -0.2) is 16.9 Å². The van der Waals surface area contributed by atoms with Gasteiger partial charge in [-0.3, -0.25) is 14.6 Å². The molecule has 0 spiro atoms. The molecule has 0 unspecified atom stereocenters. The number of alkyl halides is 3. The van der Waals surface area contributed by atoms with E-state index in [9.17, 15) is 22.8 Å². The maximum absolute atomic E-state index is 12.7. The Hall–Kier alpha value is -2.90. The molecule has 1 aliphatic heterocycles. The molecule has 8 heteroatoms. The molecule has 1 aromatic carbocycles. The van der Waals surface area contributed by atoms with Crippen LogP contribution in [0.4, 0.5) is 18.9 Å². The van der Waals surface area contributed by atoms with Gasteiger partial charge in [-0.1, -0.05) is 30.3 Å². The summed E-state index contributed by atoms with van der Waals surface area (Å²) in [6, 6.07) is 9.56. The van der Waals surface area contributed by atoms with Gasteiger partial charge in [-0.2, -0.15) is 13.2 Å². The van der Waals surface area contributed by atoms with E-state index in [0.29, 0.717) is 6.20 Å². The number of pyridine rings is 1. The Bertz CT molecular complexity index is 791. The number of ether oxygens (including phenoxy) is 1. The average Bonchev–Trinajstić information content (AvgIpc) is 2.87. The third-order valence-electron chi connectivity index (χ3n) is 3.50. The molecule has 2 heterocycles. The number of aromatic nitrogens is 1. The zero-order valence-corrected chi connectivity index (χ0v) is 12.1. The molecule has 24 heavy (non-hydrogen) atoms. The van der Waals surface area contributed by atoms with Crippen LogP contribution in [0.15, 0.2) is 42.6 Å². The number of carbonyl (C=O) groups excluding carboxylic acids is 2. The molecule has 2 aromatic rings. The SMILES string of the molecule is O=C1Nc2cc(C(F)(F)F)cnc2[C@H]1C(=O)OCc1ccccc1. The van der Waals surface area contributed by atoms with Crippen molar-refractivity contribution in [2.24, 2.45) is 0 Å². The first-order chi connectivity index (χ1) is 11.4. The molecule has 0 bridgehead atoms. The van der Waals surface area contributed by atoms with Crippen molar-refractivity contribution in [1.29, 1.82) is 0 Å². The van der Waals surface area contributed by atoms with E-state index < -0.39 is 29.5 Å². The van der Waals surface area contributed by atoms with E-state index in [1.165, 1.54) is 0 Å². The molecule has 0 fully saturated rings. The summed E-state index contributed by atoms with van der Waals surface area (Å²) in [6.45, 7) is -0.0422. The zero-order valence-electron chi connectivity index (χ0n) is 12.1. The second-order valence-corrected chi connectivity index (χ2v) is 5.17. The first-order valence-corrected chi connectivity index (χ1v) is 6.95. The Labute approximate surface area is 134 Å². The van der Waals surface area contributed by atoms with Gasteiger partial charge in [0.1, 0.15) is 6.61 Å². The largest absolute Gasteiger partial charge is 0.460 e. The van der Waals surface area contributed by atoms with E-state index in [1.807, 2.05) is 0 Å². The number of fused-ring (bicyclic) bond motifs is 1. The molecule has 1 atom stereocenters. The van der Waals surface area contributed by atoms with E-state index >= 15 is 0 Å². The predicted molar refractivity (Wildman–Crippen MR) is 76.8 cm³/mol. The highest BCUT2D eigenvalue weighted by Crippen LogP contribution is 2.36. The molecular weight excluding hydrogens is 325 g/mol. The second-order valence-electron chi connectivity index (χ2n) is 5.17. The standard InChI is InChI=1S/C16H11F3N2O3/c17-16(18,19)10-6-11-13(20-7-10)12(14(22)21-11)15(23)24-8-9-4-2-1-3-5-9/h1-7,12H,8H2,(H,21,22)/t12-/m1/s1. The molecule has 1 amide bonds. The number of hydrogen-bond acceptors (Lipinski definition) is 4. The van der Waals surface area contributed by atoms with Crippen molar-refractivity contribution >= 4 is 17.6 Å². The highest BCUT2D eigenvalue weighted by Gasteiger charge is 2.41. The summed E-state index contributed by atoms with van der Waals surface area (Å²) in [5.74, 6) is -2.98. The lowest BCUT2D eigenvalue weighted by molar-refractivity contribution is -0.148. The summed E-state index contributed by atoms with van der Waals surface area (Å²) in [6.07, 6.45) is -3.99. The van der Waals surface area contributed by atoms with Crippen LogP contribution in [0, 0.1) is 0 Å². The van der Waals surface area contributed by atoms with Gasteiger partial charge in [-0.25, -0.2) is 0 Å². The van der Waals surface area contributed by atoms with Crippen molar-refractivity contribution in [3.63, 3.8) is 0 Å². The van der Waals surface area contributed by atoms with Gasteiger partial charge < -0.3 is 10.1 Å². The Morgan fingerprint density at radius 2 is 1.96 bits per heavy atom. The van der Waals surface area contributed by atoms with Crippen LogP contribution in [-0.2, 0) is 27.1 Å². The van der Waals surface area contributed by atoms with Crippen molar-refractivity contribution in [3.05, 3.63) is 59.4 Å².